The number of amides is 1. The summed E-state index contributed by atoms with van der Waals surface area (Å²) in [6.07, 6.45) is 3.08. The highest BCUT2D eigenvalue weighted by atomic mass is 16.1. The average Bonchev–Trinajstić information content (AvgIpc) is 3.04. The van der Waals surface area contributed by atoms with Crippen LogP contribution in [0.1, 0.15) is 15.9 Å². The van der Waals surface area contributed by atoms with Crippen molar-refractivity contribution in [2.75, 3.05) is 5.32 Å². The predicted octanol–water partition coefficient (Wildman–Crippen LogP) is 2.33. The van der Waals surface area contributed by atoms with E-state index in [9.17, 15) is 9.59 Å². The maximum Gasteiger partial charge on any atom is 0.257 e. The number of benzene rings is 1. The molecule has 0 radical (unpaired) electrons. The molecule has 6 nitrogen and oxygen atoms in total. The molecule has 0 bridgehead atoms. The van der Waals surface area contributed by atoms with Gasteiger partial charge < -0.3 is 10.3 Å². The van der Waals surface area contributed by atoms with Crippen LogP contribution in [-0.4, -0.2) is 21.1 Å². The third-order valence-electron chi connectivity index (χ3n) is 3.28. The summed E-state index contributed by atoms with van der Waals surface area (Å²) in [5.74, 6) is -0.277. The SMILES string of the molecule is Cc1cc(C(=O)Nc2cccc(-c3ccn[nH]3)c2)c[nH]c1=O. The lowest BCUT2D eigenvalue weighted by molar-refractivity contribution is 0.102. The lowest BCUT2D eigenvalue weighted by atomic mass is 10.1. The minimum atomic E-state index is -0.277. The largest absolute Gasteiger partial charge is 0.328 e. The lowest BCUT2D eigenvalue weighted by Crippen LogP contribution is -2.16. The van der Waals surface area contributed by atoms with Crippen molar-refractivity contribution in [3.63, 3.8) is 0 Å². The maximum atomic E-state index is 12.2. The Bertz CT molecular complexity index is 866. The van der Waals surface area contributed by atoms with Crippen molar-refractivity contribution in [3.8, 4) is 11.3 Å². The van der Waals surface area contributed by atoms with Gasteiger partial charge in [-0.3, -0.25) is 14.7 Å². The summed E-state index contributed by atoms with van der Waals surface area (Å²) >= 11 is 0. The molecule has 0 saturated carbocycles. The molecule has 0 atom stereocenters. The monoisotopic (exact) mass is 294 g/mol. The summed E-state index contributed by atoms with van der Waals surface area (Å²) in [5.41, 5.74) is 3.17. The molecule has 0 aliphatic rings. The van der Waals surface area contributed by atoms with E-state index in [0.29, 0.717) is 16.8 Å². The van der Waals surface area contributed by atoms with Gasteiger partial charge in [0.15, 0.2) is 0 Å². The van der Waals surface area contributed by atoms with Gasteiger partial charge in [-0.25, -0.2) is 0 Å². The number of anilines is 1. The number of nitrogens with one attached hydrogen (secondary N) is 3. The minimum absolute atomic E-state index is 0.196. The molecule has 1 aromatic carbocycles. The molecular formula is C16H14N4O2. The highest BCUT2D eigenvalue weighted by Gasteiger charge is 2.08. The summed E-state index contributed by atoms with van der Waals surface area (Å²) in [6.45, 7) is 1.66. The van der Waals surface area contributed by atoms with Crippen molar-refractivity contribution < 1.29 is 4.79 Å². The van der Waals surface area contributed by atoms with Gasteiger partial charge in [0.25, 0.3) is 11.5 Å². The highest BCUT2D eigenvalue weighted by molar-refractivity contribution is 6.04. The number of H-pyrrole nitrogens is 2. The zero-order valence-electron chi connectivity index (χ0n) is 11.9. The Morgan fingerprint density at radius 2 is 2.09 bits per heavy atom. The lowest BCUT2D eigenvalue weighted by Gasteiger charge is -2.07. The van der Waals surface area contributed by atoms with Crippen LogP contribution >= 0.6 is 0 Å². The van der Waals surface area contributed by atoms with E-state index in [1.165, 1.54) is 6.20 Å². The van der Waals surface area contributed by atoms with Crippen molar-refractivity contribution in [2.24, 2.45) is 0 Å². The number of pyridine rings is 1. The number of carbonyl (C=O) groups excluding carboxylic acids is 1. The molecule has 6 heteroatoms. The van der Waals surface area contributed by atoms with Crippen LogP contribution in [0, 0.1) is 6.92 Å². The van der Waals surface area contributed by atoms with Crippen LogP contribution in [0.2, 0.25) is 0 Å². The number of hydrogen-bond donors (Lipinski definition) is 3. The van der Waals surface area contributed by atoms with Crippen molar-refractivity contribution in [2.45, 2.75) is 6.92 Å². The zero-order valence-corrected chi connectivity index (χ0v) is 11.9. The first-order chi connectivity index (χ1) is 10.6. The zero-order chi connectivity index (χ0) is 15.5. The molecule has 0 unspecified atom stereocenters. The first kappa shape index (κ1) is 13.8. The van der Waals surface area contributed by atoms with E-state index < -0.39 is 0 Å². The van der Waals surface area contributed by atoms with E-state index in [2.05, 4.69) is 20.5 Å². The van der Waals surface area contributed by atoms with Gasteiger partial charge in [0.05, 0.1) is 11.3 Å². The second-order valence-corrected chi connectivity index (χ2v) is 4.91. The number of aromatic amines is 2. The topological polar surface area (TPSA) is 90.6 Å². The van der Waals surface area contributed by atoms with E-state index in [1.807, 2.05) is 24.3 Å². The van der Waals surface area contributed by atoms with E-state index >= 15 is 0 Å². The van der Waals surface area contributed by atoms with Crippen molar-refractivity contribution in [3.05, 3.63) is 70.3 Å². The van der Waals surface area contributed by atoms with Gasteiger partial charge >= 0.3 is 0 Å². The second-order valence-electron chi connectivity index (χ2n) is 4.91. The van der Waals surface area contributed by atoms with Gasteiger partial charge in [0.1, 0.15) is 0 Å². The van der Waals surface area contributed by atoms with Crippen LogP contribution in [0.4, 0.5) is 5.69 Å². The van der Waals surface area contributed by atoms with Crippen LogP contribution in [0.25, 0.3) is 11.3 Å². The van der Waals surface area contributed by atoms with Crippen LogP contribution in [0.15, 0.2) is 53.6 Å². The maximum absolute atomic E-state index is 12.2. The Balaban J connectivity index is 1.83. The van der Waals surface area contributed by atoms with Gasteiger partial charge in [-0.2, -0.15) is 5.10 Å². The molecule has 0 aliphatic carbocycles. The van der Waals surface area contributed by atoms with Crippen LogP contribution in [0.3, 0.4) is 0 Å². The third kappa shape index (κ3) is 2.80. The number of nitrogens with zero attached hydrogens (tertiary/aromatic N) is 1. The molecule has 3 aromatic rings. The van der Waals surface area contributed by atoms with Gasteiger partial charge in [-0.1, -0.05) is 12.1 Å². The summed E-state index contributed by atoms with van der Waals surface area (Å²) in [4.78, 5) is 26.1. The Morgan fingerprint density at radius 1 is 1.23 bits per heavy atom. The fourth-order valence-electron chi connectivity index (χ4n) is 2.11. The fourth-order valence-corrected chi connectivity index (χ4v) is 2.11. The molecule has 3 rings (SSSR count). The standard InChI is InChI=1S/C16H14N4O2/c1-10-7-12(9-17-15(10)21)16(22)19-13-4-2-3-11(8-13)14-5-6-18-20-14/h2-9H,1H3,(H,17,21)(H,18,20)(H,19,22). The number of aryl methyl sites for hydroxylation is 1. The van der Waals surface area contributed by atoms with E-state index in [0.717, 1.165) is 11.3 Å². The molecule has 0 spiro atoms. The summed E-state index contributed by atoms with van der Waals surface area (Å²) in [7, 11) is 0. The molecule has 2 aromatic heterocycles. The molecular weight excluding hydrogens is 280 g/mol. The molecule has 110 valence electrons. The Kier molecular flexibility index (Phi) is 3.57. The van der Waals surface area contributed by atoms with Crippen molar-refractivity contribution >= 4 is 11.6 Å². The van der Waals surface area contributed by atoms with E-state index in [-0.39, 0.29) is 11.5 Å². The first-order valence-electron chi connectivity index (χ1n) is 6.74. The van der Waals surface area contributed by atoms with Gasteiger partial charge in [-0.15, -0.1) is 0 Å². The Morgan fingerprint density at radius 3 is 2.82 bits per heavy atom. The number of rotatable bonds is 3. The molecule has 3 N–H and O–H groups in total. The number of carbonyl (C=O) groups is 1. The Hall–Kier alpha value is -3.15. The molecule has 0 aliphatic heterocycles. The van der Waals surface area contributed by atoms with Crippen LogP contribution in [-0.2, 0) is 0 Å². The van der Waals surface area contributed by atoms with Crippen LogP contribution in [0.5, 0.6) is 0 Å². The number of aromatic nitrogens is 3. The normalized spacial score (nSPS) is 10.4. The first-order valence-corrected chi connectivity index (χ1v) is 6.74. The molecule has 1 amide bonds. The molecule has 2 heterocycles. The van der Waals surface area contributed by atoms with Gasteiger partial charge in [0.2, 0.25) is 0 Å². The molecule has 0 saturated heterocycles. The second kappa shape index (κ2) is 5.69. The third-order valence-corrected chi connectivity index (χ3v) is 3.28. The van der Waals surface area contributed by atoms with Gasteiger partial charge in [0, 0.05) is 29.2 Å². The van der Waals surface area contributed by atoms with E-state index in [1.54, 1.807) is 25.3 Å². The average molecular weight is 294 g/mol. The summed E-state index contributed by atoms with van der Waals surface area (Å²) < 4.78 is 0. The smallest absolute Gasteiger partial charge is 0.257 e. The quantitative estimate of drug-likeness (QED) is 0.692. The van der Waals surface area contributed by atoms with Crippen molar-refractivity contribution in [1.29, 1.82) is 0 Å². The number of hydrogen-bond acceptors (Lipinski definition) is 3. The fraction of sp³-hybridized carbons (Fsp3) is 0.0625. The van der Waals surface area contributed by atoms with E-state index in [4.69, 9.17) is 0 Å². The highest BCUT2D eigenvalue weighted by Crippen LogP contribution is 2.20. The summed E-state index contributed by atoms with van der Waals surface area (Å²) in [6, 6.07) is 10.8. The molecule has 22 heavy (non-hydrogen) atoms. The molecule has 0 fully saturated rings. The van der Waals surface area contributed by atoms with Gasteiger partial charge in [-0.05, 0) is 31.2 Å². The van der Waals surface area contributed by atoms with Crippen LogP contribution < -0.4 is 10.9 Å². The predicted molar refractivity (Wildman–Crippen MR) is 83.8 cm³/mol. The van der Waals surface area contributed by atoms with Crippen molar-refractivity contribution in [1.82, 2.24) is 15.2 Å². The summed E-state index contributed by atoms with van der Waals surface area (Å²) in [5, 5.41) is 9.60. The minimum Gasteiger partial charge on any atom is -0.328 e. The Labute approximate surface area is 126 Å².